The maximum atomic E-state index is 5.45. The van der Waals surface area contributed by atoms with E-state index in [1.807, 2.05) is 12.1 Å². The van der Waals surface area contributed by atoms with Crippen LogP contribution in [0.3, 0.4) is 0 Å². The number of quaternary nitrogens is 1. The highest BCUT2D eigenvalue weighted by Gasteiger charge is 1.97. The zero-order valence-corrected chi connectivity index (χ0v) is 11.5. The van der Waals surface area contributed by atoms with Crippen LogP contribution in [0, 0.1) is 0 Å². The van der Waals surface area contributed by atoms with E-state index >= 15 is 0 Å². The monoisotopic (exact) mass is 248 g/mol. The van der Waals surface area contributed by atoms with Crippen LogP contribution < -0.4 is 10.1 Å². The molecule has 2 N–H and O–H groups in total. The highest BCUT2D eigenvalue weighted by molar-refractivity contribution is 5.26. The average molecular weight is 248 g/mol. The number of hydrogen-bond acceptors (Lipinski definition) is 1. The van der Waals surface area contributed by atoms with Crippen LogP contribution in [-0.4, -0.2) is 13.2 Å². The molecule has 0 spiro atoms. The lowest BCUT2D eigenvalue weighted by atomic mass is 10.2. The van der Waals surface area contributed by atoms with Crippen molar-refractivity contribution in [3.63, 3.8) is 0 Å². The third-order valence-electron chi connectivity index (χ3n) is 2.93. The summed E-state index contributed by atoms with van der Waals surface area (Å²) in [7, 11) is 0. The first-order chi connectivity index (χ1) is 8.86. The van der Waals surface area contributed by atoms with Gasteiger partial charge in [-0.3, -0.25) is 0 Å². The van der Waals surface area contributed by atoms with Crippen molar-refractivity contribution in [2.24, 2.45) is 0 Å². The predicted octanol–water partition coefficient (Wildman–Crippen LogP) is 2.90. The van der Waals surface area contributed by atoms with Crippen molar-refractivity contribution in [1.82, 2.24) is 0 Å². The van der Waals surface area contributed by atoms with Crippen molar-refractivity contribution < 1.29 is 10.1 Å². The molecule has 0 aromatic heterocycles. The molecule has 1 rings (SSSR count). The predicted molar refractivity (Wildman–Crippen MR) is 76.8 cm³/mol. The van der Waals surface area contributed by atoms with E-state index in [1.54, 1.807) is 6.08 Å². The smallest absolute Gasteiger partial charge is 0.119 e. The van der Waals surface area contributed by atoms with E-state index in [1.165, 1.54) is 37.8 Å². The Labute approximate surface area is 111 Å². The Balaban J connectivity index is 2.16. The Kier molecular flexibility index (Phi) is 7.98. The van der Waals surface area contributed by atoms with E-state index in [0.717, 1.165) is 12.3 Å². The summed E-state index contributed by atoms with van der Waals surface area (Å²) >= 11 is 0. The van der Waals surface area contributed by atoms with Gasteiger partial charge in [0.15, 0.2) is 0 Å². The normalized spacial score (nSPS) is 10.3. The van der Waals surface area contributed by atoms with E-state index in [4.69, 9.17) is 4.74 Å². The van der Waals surface area contributed by atoms with Crippen LogP contribution in [0.15, 0.2) is 36.9 Å². The highest BCUT2D eigenvalue weighted by Crippen LogP contribution is 2.11. The zero-order valence-electron chi connectivity index (χ0n) is 11.5. The average Bonchev–Trinajstić information content (AvgIpc) is 2.42. The molecule has 0 aliphatic heterocycles. The molecule has 0 bridgehead atoms. The van der Waals surface area contributed by atoms with Crippen molar-refractivity contribution in [2.75, 3.05) is 13.2 Å². The maximum Gasteiger partial charge on any atom is 0.119 e. The summed E-state index contributed by atoms with van der Waals surface area (Å²) in [4.78, 5) is 0. The molecular formula is C16H26NO+. The molecule has 0 unspecified atom stereocenters. The summed E-state index contributed by atoms with van der Waals surface area (Å²) in [5.41, 5.74) is 1.36. The largest absolute Gasteiger partial charge is 0.490 e. The lowest BCUT2D eigenvalue weighted by Gasteiger charge is -2.05. The maximum absolute atomic E-state index is 5.45. The third kappa shape index (κ3) is 6.45. The summed E-state index contributed by atoms with van der Waals surface area (Å²) in [5, 5.41) is 2.38. The molecular weight excluding hydrogens is 222 g/mol. The minimum absolute atomic E-state index is 0.572. The summed E-state index contributed by atoms with van der Waals surface area (Å²) in [6.45, 7) is 8.75. The number of unbranched alkanes of at least 4 members (excludes halogenated alkanes) is 3. The van der Waals surface area contributed by atoms with Gasteiger partial charge in [0, 0.05) is 5.56 Å². The molecule has 100 valence electrons. The topological polar surface area (TPSA) is 25.8 Å². The minimum Gasteiger partial charge on any atom is -0.490 e. The molecule has 1 aromatic carbocycles. The van der Waals surface area contributed by atoms with Gasteiger partial charge < -0.3 is 10.1 Å². The Hall–Kier alpha value is -1.28. The summed E-state index contributed by atoms with van der Waals surface area (Å²) in [6.07, 6.45) is 7.13. The van der Waals surface area contributed by atoms with E-state index in [2.05, 4.69) is 31.0 Å². The number of hydrogen-bond donors (Lipinski definition) is 1. The van der Waals surface area contributed by atoms with E-state index in [-0.39, 0.29) is 0 Å². The van der Waals surface area contributed by atoms with Crippen LogP contribution in [-0.2, 0) is 6.54 Å². The van der Waals surface area contributed by atoms with Gasteiger partial charge in [-0.25, -0.2) is 0 Å². The molecule has 0 saturated carbocycles. The van der Waals surface area contributed by atoms with Gasteiger partial charge in [0.25, 0.3) is 0 Å². The fraction of sp³-hybridized carbons (Fsp3) is 0.500. The molecule has 2 heteroatoms. The van der Waals surface area contributed by atoms with Gasteiger partial charge >= 0.3 is 0 Å². The quantitative estimate of drug-likeness (QED) is 0.500. The van der Waals surface area contributed by atoms with Crippen LogP contribution in [0.5, 0.6) is 5.75 Å². The van der Waals surface area contributed by atoms with Crippen LogP contribution in [0.2, 0.25) is 0 Å². The standard InChI is InChI=1S/C16H25NO/c1-3-5-6-7-12-17-14-15-8-10-16(11-9-15)18-13-4-2/h4,8-11,17H,2-3,5-7,12-14H2,1H3/p+1. The first kappa shape index (κ1) is 14.8. The van der Waals surface area contributed by atoms with Crippen molar-refractivity contribution >= 4 is 0 Å². The Morgan fingerprint density at radius 2 is 1.94 bits per heavy atom. The van der Waals surface area contributed by atoms with Crippen molar-refractivity contribution in [3.05, 3.63) is 42.5 Å². The minimum atomic E-state index is 0.572. The molecule has 0 atom stereocenters. The second-order valence-corrected chi connectivity index (χ2v) is 4.59. The van der Waals surface area contributed by atoms with Crippen molar-refractivity contribution in [3.8, 4) is 5.75 Å². The molecule has 0 radical (unpaired) electrons. The Morgan fingerprint density at radius 3 is 2.61 bits per heavy atom. The summed E-state index contributed by atoms with van der Waals surface area (Å²) in [5.74, 6) is 0.918. The zero-order chi connectivity index (χ0) is 13.1. The molecule has 0 heterocycles. The lowest BCUT2D eigenvalue weighted by Crippen LogP contribution is -2.82. The summed E-state index contributed by atoms with van der Waals surface area (Å²) < 4.78 is 5.45. The van der Waals surface area contributed by atoms with Gasteiger partial charge in [-0.15, -0.1) is 0 Å². The fourth-order valence-corrected chi connectivity index (χ4v) is 1.86. The molecule has 1 aromatic rings. The van der Waals surface area contributed by atoms with Crippen molar-refractivity contribution in [2.45, 2.75) is 39.2 Å². The van der Waals surface area contributed by atoms with E-state index < -0.39 is 0 Å². The summed E-state index contributed by atoms with van der Waals surface area (Å²) in [6, 6.07) is 8.34. The molecule has 0 amide bonds. The molecule has 0 saturated heterocycles. The number of nitrogens with two attached hydrogens (primary N) is 1. The Morgan fingerprint density at radius 1 is 1.17 bits per heavy atom. The van der Waals surface area contributed by atoms with Crippen molar-refractivity contribution in [1.29, 1.82) is 0 Å². The first-order valence-corrected chi connectivity index (χ1v) is 7.01. The third-order valence-corrected chi connectivity index (χ3v) is 2.93. The molecule has 0 aliphatic carbocycles. The molecule has 0 aliphatic rings. The van der Waals surface area contributed by atoms with Crippen LogP contribution in [0.25, 0.3) is 0 Å². The molecule has 2 nitrogen and oxygen atoms in total. The second-order valence-electron chi connectivity index (χ2n) is 4.59. The van der Waals surface area contributed by atoms with Gasteiger partial charge in [0.1, 0.15) is 18.9 Å². The number of ether oxygens (including phenoxy) is 1. The van der Waals surface area contributed by atoms with Gasteiger partial charge in [0.2, 0.25) is 0 Å². The number of rotatable bonds is 10. The van der Waals surface area contributed by atoms with Crippen LogP contribution in [0.1, 0.15) is 38.2 Å². The van der Waals surface area contributed by atoms with E-state index in [0.29, 0.717) is 6.61 Å². The Bertz CT molecular complexity index is 318. The molecule has 18 heavy (non-hydrogen) atoms. The highest BCUT2D eigenvalue weighted by atomic mass is 16.5. The SMILES string of the molecule is C=CCOc1ccc(C[NH2+]CCCCCC)cc1. The van der Waals surface area contributed by atoms with Gasteiger partial charge in [-0.05, 0) is 37.1 Å². The van der Waals surface area contributed by atoms with Gasteiger partial charge in [-0.1, -0.05) is 32.4 Å². The van der Waals surface area contributed by atoms with Crippen LogP contribution >= 0.6 is 0 Å². The van der Waals surface area contributed by atoms with Gasteiger partial charge in [0.05, 0.1) is 6.54 Å². The second kappa shape index (κ2) is 9.72. The fourth-order valence-electron chi connectivity index (χ4n) is 1.86. The van der Waals surface area contributed by atoms with Crippen LogP contribution in [0.4, 0.5) is 0 Å². The lowest BCUT2D eigenvalue weighted by molar-refractivity contribution is -0.671. The first-order valence-electron chi connectivity index (χ1n) is 7.01. The van der Waals surface area contributed by atoms with Gasteiger partial charge in [-0.2, -0.15) is 0 Å². The number of benzene rings is 1. The molecule has 0 fully saturated rings. The van der Waals surface area contributed by atoms with E-state index in [9.17, 15) is 0 Å².